The van der Waals surface area contributed by atoms with Crippen molar-refractivity contribution in [3.05, 3.63) is 29.8 Å². The Labute approximate surface area is 82.3 Å². The smallest absolute Gasteiger partial charge is 0.204 e. The summed E-state index contributed by atoms with van der Waals surface area (Å²) in [5, 5.41) is 11.8. The Morgan fingerprint density at radius 3 is 2.29 bits per heavy atom. The Balaban J connectivity index is 0.000000980. The Bertz CT molecular complexity index is 403. The number of rotatable bonds is 1. The molecule has 0 unspecified atom stereocenters. The van der Waals surface area contributed by atoms with Crippen molar-refractivity contribution in [1.82, 2.24) is 26.4 Å². The van der Waals surface area contributed by atoms with Crippen LogP contribution in [0.5, 0.6) is 0 Å². The summed E-state index contributed by atoms with van der Waals surface area (Å²) in [6.45, 7) is 2.05. The van der Waals surface area contributed by atoms with Crippen LogP contribution < -0.4 is 6.15 Å². The fraction of sp³-hybridized carbons (Fsp3) is 0.222. The Kier molecular flexibility index (Phi) is 2.93. The maximum atomic E-state index is 4.11. The van der Waals surface area contributed by atoms with Crippen molar-refractivity contribution in [2.45, 2.75) is 6.92 Å². The molecule has 1 heterocycles. The molecule has 3 N–H and O–H groups in total. The van der Waals surface area contributed by atoms with E-state index in [2.05, 4.69) is 15.4 Å². The van der Waals surface area contributed by atoms with E-state index >= 15 is 0 Å². The third kappa shape index (κ3) is 1.94. The molecule has 1 aromatic carbocycles. The van der Waals surface area contributed by atoms with Crippen LogP contribution in [0.3, 0.4) is 0 Å². The van der Waals surface area contributed by atoms with Gasteiger partial charge in [-0.05, 0) is 12.1 Å². The molecule has 2 rings (SSSR count). The van der Waals surface area contributed by atoms with Gasteiger partial charge in [0.05, 0.1) is 7.05 Å². The molecule has 0 spiro atoms. The van der Waals surface area contributed by atoms with Gasteiger partial charge in [0.15, 0.2) is 0 Å². The minimum atomic E-state index is 0. The second kappa shape index (κ2) is 3.97. The summed E-state index contributed by atoms with van der Waals surface area (Å²) in [5.41, 5.74) is 2.23. The third-order valence-corrected chi connectivity index (χ3v) is 1.82. The van der Waals surface area contributed by atoms with Crippen LogP contribution in [0.1, 0.15) is 5.56 Å². The van der Waals surface area contributed by atoms with Crippen LogP contribution in [0, 0.1) is 6.92 Å². The van der Waals surface area contributed by atoms with Crippen molar-refractivity contribution in [3.63, 3.8) is 0 Å². The average molecular weight is 191 g/mol. The summed E-state index contributed by atoms with van der Waals surface area (Å²) in [5.74, 6) is 0.669. The fourth-order valence-corrected chi connectivity index (χ4v) is 1.10. The van der Waals surface area contributed by atoms with Crippen LogP contribution in [-0.4, -0.2) is 20.2 Å². The summed E-state index contributed by atoms with van der Waals surface area (Å²) < 4.78 is 0. The van der Waals surface area contributed by atoms with E-state index < -0.39 is 0 Å². The molecule has 0 aliphatic heterocycles. The lowest BCUT2D eigenvalue weighted by molar-refractivity contribution is 0.630. The first-order valence-electron chi connectivity index (χ1n) is 4.07. The van der Waals surface area contributed by atoms with Crippen molar-refractivity contribution >= 4 is 0 Å². The summed E-state index contributed by atoms with van der Waals surface area (Å²) >= 11 is 0. The Morgan fingerprint density at radius 1 is 1.14 bits per heavy atom. The van der Waals surface area contributed by atoms with Gasteiger partial charge in [-0.25, -0.2) is 0 Å². The average Bonchev–Trinajstić information content (AvgIpc) is 2.53. The third-order valence-electron chi connectivity index (χ3n) is 1.82. The number of aromatic nitrogens is 4. The van der Waals surface area contributed by atoms with Gasteiger partial charge in [-0.2, -0.15) is 4.80 Å². The predicted molar refractivity (Wildman–Crippen MR) is 54.0 cm³/mol. The Morgan fingerprint density at radius 2 is 1.79 bits per heavy atom. The first-order valence-corrected chi connectivity index (χ1v) is 4.07. The molecule has 5 heteroatoms. The zero-order chi connectivity index (χ0) is 9.26. The van der Waals surface area contributed by atoms with E-state index in [0.29, 0.717) is 5.82 Å². The normalized spacial score (nSPS) is 9.57. The van der Waals surface area contributed by atoms with Gasteiger partial charge in [0.25, 0.3) is 0 Å². The van der Waals surface area contributed by atoms with Crippen molar-refractivity contribution in [1.29, 1.82) is 0 Å². The van der Waals surface area contributed by atoms with Gasteiger partial charge in [-0.15, -0.1) is 10.2 Å². The maximum Gasteiger partial charge on any atom is 0.204 e. The van der Waals surface area contributed by atoms with E-state index in [9.17, 15) is 0 Å². The second-order valence-electron chi connectivity index (χ2n) is 2.97. The largest absolute Gasteiger partial charge is 0.344 e. The van der Waals surface area contributed by atoms with Gasteiger partial charge in [0.2, 0.25) is 5.82 Å². The Hall–Kier alpha value is -1.75. The van der Waals surface area contributed by atoms with Crippen molar-refractivity contribution in [3.8, 4) is 11.4 Å². The minimum Gasteiger partial charge on any atom is -0.344 e. The zero-order valence-electron chi connectivity index (χ0n) is 8.31. The van der Waals surface area contributed by atoms with Crippen LogP contribution >= 0.6 is 0 Å². The monoisotopic (exact) mass is 191 g/mol. The quantitative estimate of drug-likeness (QED) is 0.737. The lowest BCUT2D eigenvalue weighted by atomic mass is 10.1. The molecule has 2 aromatic rings. The molecule has 14 heavy (non-hydrogen) atoms. The number of hydrogen-bond donors (Lipinski definition) is 1. The molecule has 0 atom stereocenters. The van der Waals surface area contributed by atoms with Gasteiger partial charge in [-0.1, -0.05) is 29.8 Å². The molecule has 0 aliphatic rings. The number of tetrazole rings is 1. The van der Waals surface area contributed by atoms with Crippen molar-refractivity contribution < 1.29 is 0 Å². The molecule has 0 aliphatic carbocycles. The van der Waals surface area contributed by atoms with E-state index in [1.807, 2.05) is 31.2 Å². The molecule has 5 nitrogen and oxygen atoms in total. The molecule has 0 fully saturated rings. The fourth-order valence-electron chi connectivity index (χ4n) is 1.10. The second-order valence-corrected chi connectivity index (χ2v) is 2.97. The zero-order valence-corrected chi connectivity index (χ0v) is 8.31. The molecule has 0 saturated carbocycles. The first-order chi connectivity index (χ1) is 6.25. The number of nitrogens with zero attached hydrogens (tertiary/aromatic N) is 4. The van der Waals surface area contributed by atoms with Crippen LogP contribution in [0.25, 0.3) is 11.4 Å². The van der Waals surface area contributed by atoms with E-state index in [-0.39, 0.29) is 6.15 Å². The van der Waals surface area contributed by atoms with Crippen LogP contribution in [0.2, 0.25) is 0 Å². The van der Waals surface area contributed by atoms with Crippen LogP contribution in [-0.2, 0) is 7.05 Å². The molecule has 74 valence electrons. The van der Waals surface area contributed by atoms with Gasteiger partial charge in [0.1, 0.15) is 0 Å². The minimum absolute atomic E-state index is 0. The SMILES string of the molecule is Cc1ccc(-c2nnn(C)n2)cc1.N. The van der Waals surface area contributed by atoms with Gasteiger partial charge < -0.3 is 6.15 Å². The molecule has 1 aromatic heterocycles. The number of benzene rings is 1. The van der Waals surface area contributed by atoms with E-state index in [1.54, 1.807) is 7.05 Å². The lowest BCUT2D eigenvalue weighted by Crippen LogP contribution is -1.91. The standard InChI is InChI=1S/C9H10N4.H3N/c1-7-3-5-8(6-4-7)9-10-12-13(2)11-9;/h3-6H,1-2H3;1H3. The highest BCUT2D eigenvalue weighted by molar-refractivity contribution is 5.53. The number of hydrogen-bond acceptors (Lipinski definition) is 4. The van der Waals surface area contributed by atoms with Crippen LogP contribution in [0.4, 0.5) is 0 Å². The summed E-state index contributed by atoms with van der Waals surface area (Å²) in [4.78, 5) is 1.45. The predicted octanol–water partition coefficient (Wildman–Crippen LogP) is 1.35. The van der Waals surface area contributed by atoms with E-state index in [0.717, 1.165) is 5.56 Å². The van der Waals surface area contributed by atoms with Gasteiger partial charge >= 0.3 is 0 Å². The van der Waals surface area contributed by atoms with Crippen molar-refractivity contribution in [2.75, 3.05) is 0 Å². The molecular weight excluding hydrogens is 178 g/mol. The summed E-state index contributed by atoms with van der Waals surface area (Å²) in [7, 11) is 1.75. The molecule has 0 radical (unpaired) electrons. The molecule has 0 bridgehead atoms. The van der Waals surface area contributed by atoms with Gasteiger partial charge in [-0.3, -0.25) is 0 Å². The maximum absolute atomic E-state index is 4.11. The lowest BCUT2D eigenvalue weighted by Gasteiger charge is -1.94. The highest BCUT2D eigenvalue weighted by Crippen LogP contribution is 2.13. The highest BCUT2D eigenvalue weighted by Gasteiger charge is 2.02. The van der Waals surface area contributed by atoms with Crippen LogP contribution in [0.15, 0.2) is 24.3 Å². The van der Waals surface area contributed by atoms with E-state index in [4.69, 9.17) is 0 Å². The summed E-state index contributed by atoms with van der Waals surface area (Å²) in [6.07, 6.45) is 0. The van der Waals surface area contributed by atoms with E-state index in [1.165, 1.54) is 10.4 Å². The van der Waals surface area contributed by atoms with Crippen molar-refractivity contribution in [2.24, 2.45) is 7.05 Å². The highest BCUT2D eigenvalue weighted by atomic mass is 15.6. The molecule has 0 amide bonds. The molecule has 0 saturated heterocycles. The van der Waals surface area contributed by atoms with Gasteiger partial charge in [0, 0.05) is 5.56 Å². The molecular formula is C9H13N5. The first kappa shape index (κ1) is 10.3. The summed E-state index contributed by atoms with van der Waals surface area (Å²) in [6, 6.07) is 8.05. The number of aryl methyl sites for hydroxylation is 2. The topological polar surface area (TPSA) is 78.6 Å².